The molecular formula is C17H23F3N2O3. The summed E-state index contributed by atoms with van der Waals surface area (Å²) < 4.78 is 46.6. The highest BCUT2D eigenvalue weighted by atomic mass is 19.4. The highest BCUT2D eigenvalue weighted by Crippen LogP contribution is 2.29. The van der Waals surface area contributed by atoms with Gasteiger partial charge in [-0.2, -0.15) is 13.2 Å². The Morgan fingerprint density at radius 1 is 1.36 bits per heavy atom. The fourth-order valence-corrected chi connectivity index (χ4v) is 2.80. The third-order valence-electron chi connectivity index (χ3n) is 4.08. The van der Waals surface area contributed by atoms with E-state index in [4.69, 9.17) is 9.47 Å². The molecule has 2 rings (SSSR count). The summed E-state index contributed by atoms with van der Waals surface area (Å²) in [5.41, 5.74) is 0.728. The highest BCUT2D eigenvalue weighted by Gasteiger charge is 2.29. The molecule has 5 nitrogen and oxygen atoms in total. The van der Waals surface area contributed by atoms with Crippen LogP contribution in [0.2, 0.25) is 0 Å². The average molecular weight is 360 g/mol. The maximum Gasteiger partial charge on any atom is 0.422 e. The van der Waals surface area contributed by atoms with Crippen LogP contribution in [0.15, 0.2) is 18.2 Å². The Morgan fingerprint density at radius 2 is 2.12 bits per heavy atom. The number of hydrogen-bond acceptors (Lipinski definition) is 4. The molecule has 0 aromatic heterocycles. The van der Waals surface area contributed by atoms with Gasteiger partial charge in [-0.05, 0) is 44.0 Å². The number of piperidine rings is 1. The second kappa shape index (κ2) is 8.42. The molecule has 0 saturated carbocycles. The first-order valence-electron chi connectivity index (χ1n) is 8.16. The Balaban J connectivity index is 1.92. The van der Waals surface area contributed by atoms with Gasteiger partial charge in [0, 0.05) is 18.5 Å². The van der Waals surface area contributed by atoms with Crippen LogP contribution in [0, 0.1) is 5.92 Å². The number of carbonyl (C=O) groups is 1. The zero-order valence-corrected chi connectivity index (χ0v) is 14.3. The minimum atomic E-state index is -4.41. The molecule has 25 heavy (non-hydrogen) atoms. The van der Waals surface area contributed by atoms with Crippen molar-refractivity contribution in [1.82, 2.24) is 10.6 Å². The van der Waals surface area contributed by atoms with E-state index in [0.717, 1.165) is 24.9 Å². The van der Waals surface area contributed by atoms with Gasteiger partial charge in [-0.3, -0.25) is 4.79 Å². The van der Waals surface area contributed by atoms with Crippen molar-refractivity contribution in [2.24, 2.45) is 5.92 Å². The summed E-state index contributed by atoms with van der Waals surface area (Å²) in [4.78, 5) is 12.2. The minimum Gasteiger partial charge on any atom is -0.493 e. The Morgan fingerprint density at radius 3 is 2.76 bits per heavy atom. The van der Waals surface area contributed by atoms with Crippen molar-refractivity contribution in [3.05, 3.63) is 23.8 Å². The van der Waals surface area contributed by atoms with Crippen molar-refractivity contribution in [3.63, 3.8) is 0 Å². The molecule has 1 aliphatic heterocycles. The molecule has 1 saturated heterocycles. The molecule has 1 amide bonds. The van der Waals surface area contributed by atoms with E-state index in [-0.39, 0.29) is 29.9 Å². The van der Waals surface area contributed by atoms with E-state index in [1.54, 1.807) is 12.1 Å². The summed E-state index contributed by atoms with van der Waals surface area (Å²) in [5.74, 6) is 0.186. The van der Waals surface area contributed by atoms with Crippen LogP contribution in [0.4, 0.5) is 13.2 Å². The molecule has 0 aliphatic carbocycles. The van der Waals surface area contributed by atoms with Crippen molar-refractivity contribution in [1.29, 1.82) is 0 Å². The quantitative estimate of drug-likeness (QED) is 0.819. The standard InChI is InChI=1S/C17H23F3N2O3/c1-11-7-13(5-6-21-11)16(23)22-9-12-3-4-14(15(8-12)24-2)25-10-17(18,19)20/h3-4,8,11,13,21H,5-7,9-10H2,1-2H3,(H,22,23)/t11-,13-/m0/s1. The first kappa shape index (κ1) is 19.4. The lowest BCUT2D eigenvalue weighted by Crippen LogP contribution is -2.42. The Kier molecular flexibility index (Phi) is 6.52. The number of hydrogen-bond donors (Lipinski definition) is 2. The summed E-state index contributed by atoms with van der Waals surface area (Å²) in [7, 11) is 1.36. The molecule has 1 heterocycles. The Bertz CT molecular complexity index is 593. The van der Waals surface area contributed by atoms with Crippen LogP contribution >= 0.6 is 0 Å². The molecular weight excluding hydrogens is 337 g/mol. The summed E-state index contributed by atoms with van der Waals surface area (Å²) >= 11 is 0. The van der Waals surface area contributed by atoms with Crippen LogP contribution in [-0.2, 0) is 11.3 Å². The highest BCUT2D eigenvalue weighted by molar-refractivity contribution is 5.78. The van der Waals surface area contributed by atoms with E-state index in [1.165, 1.54) is 13.2 Å². The van der Waals surface area contributed by atoms with Gasteiger partial charge in [-0.1, -0.05) is 6.07 Å². The van der Waals surface area contributed by atoms with Gasteiger partial charge in [-0.15, -0.1) is 0 Å². The van der Waals surface area contributed by atoms with Crippen molar-refractivity contribution in [2.75, 3.05) is 20.3 Å². The molecule has 0 unspecified atom stereocenters. The predicted molar refractivity (Wildman–Crippen MR) is 86.6 cm³/mol. The molecule has 1 aliphatic rings. The number of halogens is 3. The molecule has 0 bridgehead atoms. The SMILES string of the molecule is COc1cc(CNC(=O)[C@H]2CCN[C@@H](C)C2)ccc1OCC(F)(F)F. The average Bonchev–Trinajstić information content (AvgIpc) is 2.57. The topological polar surface area (TPSA) is 59.6 Å². The number of rotatable bonds is 6. The lowest BCUT2D eigenvalue weighted by molar-refractivity contribution is -0.153. The van der Waals surface area contributed by atoms with Gasteiger partial charge in [0.25, 0.3) is 0 Å². The normalized spacial score (nSPS) is 20.8. The van der Waals surface area contributed by atoms with Crippen molar-refractivity contribution < 1.29 is 27.4 Å². The summed E-state index contributed by atoms with van der Waals surface area (Å²) in [5, 5.41) is 6.17. The van der Waals surface area contributed by atoms with E-state index in [9.17, 15) is 18.0 Å². The fourth-order valence-electron chi connectivity index (χ4n) is 2.80. The maximum atomic E-state index is 12.3. The number of carbonyl (C=O) groups excluding carboxylic acids is 1. The third kappa shape index (κ3) is 6.12. The van der Waals surface area contributed by atoms with E-state index >= 15 is 0 Å². The fraction of sp³-hybridized carbons (Fsp3) is 0.588. The lowest BCUT2D eigenvalue weighted by Gasteiger charge is -2.27. The Labute approximate surface area is 144 Å². The van der Waals surface area contributed by atoms with Gasteiger partial charge in [0.15, 0.2) is 18.1 Å². The smallest absolute Gasteiger partial charge is 0.422 e. The molecule has 140 valence electrons. The number of ether oxygens (including phenoxy) is 2. The molecule has 2 atom stereocenters. The second-order valence-corrected chi connectivity index (χ2v) is 6.18. The van der Waals surface area contributed by atoms with Crippen LogP contribution < -0.4 is 20.1 Å². The third-order valence-corrected chi connectivity index (χ3v) is 4.08. The summed E-state index contributed by atoms with van der Waals surface area (Å²) in [6.07, 6.45) is -2.83. The maximum absolute atomic E-state index is 12.3. The Hall–Kier alpha value is -1.96. The van der Waals surface area contributed by atoms with E-state index < -0.39 is 12.8 Å². The number of amides is 1. The second-order valence-electron chi connectivity index (χ2n) is 6.18. The van der Waals surface area contributed by atoms with Crippen molar-refractivity contribution in [3.8, 4) is 11.5 Å². The van der Waals surface area contributed by atoms with Gasteiger partial charge in [0.2, 0.25) is 5.91 Å². The zero-order valence-electron chi connectivity index (χ0n) is 14.3. The summed E-state index contributed by atoms with van der Waals surface area (Å²) in [6, 6.07) is 4.91. The number of alkyl halides is 3. The molecule has 1 aromatic carbocycles. The number of methoxy groups -OCH3 is 1. The molecule has 0 radical (unpaired) electrons. The van der Waals surface area contributed by atoms with Gasteiger partial charge < -0.3 is 20.1 Å². The van der Waals surface area contributed by atoms with E-state index in [0.29, 0.717) is 6.04 Å². The van der Waals surface area contributed by atoms with Crippen LogP contribution in [0.5, 0.6) is 11.5 Å². The van der Waals surface area contributed by atoms with Crippen LogP contribution in [0.25, 0.3) is 0 Å². The van der Waals surface area contributed by atoms with E-state index in [1.807, 2.05) is 6.92 Å². The van der Waals surface area contributed by atoms with Crippen molar-refractivity contribution >= 4 is 5.91 Å². The molecule has 2 N–H and O–H groups in total. The zero-order chi connectivity index (χ0) is 18.4. The largest absolute Gasteiger partial charge is 0.493 e. The molecule has 8 heteroatoms. The van der Waals surface area contributed by atoms with Gasteiger partial charge in [0.05, 0.1) is 7.11 Å². The lowest BCUT2D eigenvalue weighted by atomic mass is 9.92. The number of benzene rings is 1. The molecule has 1 fully saturated rings. The van der Waals surface area contributed by atoms with Crippen LogP contribution in [0.3, 0.4) is 0 Å². The monoisotopic (exact) mass is 360 g/mol. The van der Waals surface area contributed by atoms with Gasteiger partial charge in [-0.25, -0.2) is 0 Å². The predicted octanol–water partition coefficient (Wildman–Crippen LogP) is 2.64. The van der Waals surface area contributed by atoms with Crippen LogP contribution in [0.1, 0.15) is 25.3 Å². The van der Waals surface area contributed by atoms with Crippen LogP contribution in [-0.4, -0.2) is 38.4 Å². The van der Waals surface area contributed by atoms with Gasteiger partial charge >= 0.3 is 6.18 Å². The molecule has 1 aromatic rings. The first-order chi connectivity index (χ1) is 11.8. The van der Waals surface area contributed by atoms with Crippen molar-refractivity contribution in [2.45, 2.75) is 38.5 Å². The van der Waals surface area contributed by atoms with Gasteiger partial charge in [0.1, 0.15) is 0 Å². The number of nitrogens with one attached hydrogen (secondary N) is 2. The first-order valence-corrected chi connectivity index (χ1v) is 8.16. The van der Waals surface area contributed by atoms with E-state index in [2.05, 4.69) is 10.6 Å². The minimum absolute atomic E-state index is 0.00952. The summed E-state index contributed by atoms with van der Waals surface area (Å²) in [6.45, 7) is 1.77. The molecule has 0 spiro atoms.